The highest BCUT2D eigenvalue weighted by Gasteiger charge is 2.28. The molecule has 132 valence electrons. The molecule has 25 heavy (non-hydrogen) atoms. The maximum absolute atomic E-state index is 13.2. The number of aromatic amines is 1. The number of benzene rings is 1. The summed E-state index contributed by atoms with van der Waals surface area (Å²) in [5.41, 5.74) is 1.82. The molecule has 0 spiro atoms. The van der Waals surface area contributed by atoms with E-state index in [4.69, 9.17) is 4.74 Å². The first-order valence-corrected chi connectivity index (χ1v) is 9.03. The first-order chi connectivity index (χ1) is 12.3. The van der Waals surface area contributed by atoms with Gasteiger partial charge in [-0.25, -0.2) is 4.98 Å². The number of likely N-dealkylation sites (tertiary alicyclic amines) is 1. The second-order valence-electron chi connectivity index (χ2n) is 6.68. The lowest BCUT2D eigenvalue weighted by molar-refractivity contribution is 0.0704. The highest BCUT2D eigenvalue weighted by molar-refractivity contribution is 6.00. The number of aromatic nitrogens is 2. The maximum atomic E-state index is 13.2. The molecule has 0 radical (unpaired) electrons. The Kier molecular flexibility index (Phi) is 4.70. The van der Waals surface area contributed by atoms with Gasteiger partial charge in [-0.05, 0) is 25.0 Å². The zero-order valence-corrected chi connectivity index (χ0v) is 14.4. The molecule has 0 bridgehead atoms. The molecule has 2 aliphatic rings. The van der Waals surface area contributed by atoms with Gasteiger partial charge in [-0.2, -0.15) is 0 Å². The Hall–Kier alpha value is -2.34. The van der Waals surface area contributed by atoms with E-state index in [1.165, 1.54) is 0 Å². The molecule has 1 aromatic heterocycles. The van der Waals surface area contributed by atoms with Gasteiger partial charge in [0.25, 0.3) is 5.91 Å². The number of amides is 1. The van der Waals surface area contributed by atoms with Crippen molar-refractivity contribution in [2.75, 3.05) is 44.3 Å². The summed E-state index contributed by atoms with van der Waals surface area (Å²) in [6.45, 7) is 4.63. The molecule has 1 atom stereocenters. The molecule has 0 saturated carbocycles. The highest BCUT2D eigenvalue weighted by atomic mass is 16.5. The number of carbonyl (C=O) groups excluding carboxylic acids is 1. The van der Waals surface area contributed by atoms with Gasteiger partial charge in [-0.3, -0.25) is 4.79 Å². The molecule has 2 fully saturated rings. The summed E-state index contributed by atoms with van der Waals surface area (Å²) in [7, 11) is 0. The van der Waals surface area contributed by atoms with Gasteiger partial charge in [0, 0.05) is 50.2 Å². The Morgan fingerprint density at radius 1 is 1.20 bits per heavy atom. The van der Waals surface area contributed by atoms with E-state index < -0.39 is 0 Å². The molecule has 2 aromatic rings. The van der Waals surface area contributed by atoms with Crippen molar-refractivity contribution in [3.8, 4) is 0 Å². The lowest BCUT2D eigenvalue weighted by Crippen LogP contribution is -2.41. The Bertz CT molecular complexity index is 710. The van der Waals surface area contributed by atoms with Gasteiger partial charge in [0.2, 0.25) is 0 Å². The summed E-state index contributed by atoms with van der Waals surface area (Å²) in [4.78, 5) is 25.0. The summed E-state index contributed by atoms with van der Waals surface area (Å²) < 4.78 is 5.45. The standard InChI is InChI=1S/C19H24N4O2/c24-19(23-9-3-4-15(14-23)18-20-7-8-21-18)16-5-1-2-6-17(16)22-10-12-25-13-11-22/h1-2,5-8,15H,3-4,9-14H2,(H,20,21)/t15-/m0/s1. The van der Waals surface area contributed by atoms with E-state index in [1.54, 1.807) is 6.20 Å². The number of piperidine rings is 1. The van der Waals surface area contributed by atoms with Gasteiger partial charge in [0.05, 0.1) is 18.8 Å². The average Bonchev–Trinajstić information content (AvgIpc) is 3.23. The molecule has 0 unspecified atom stereocenters. The molecule has 1 aromatic carbocycles. The van der Waals surface area contributed by atoms with Crippen LogP contribution in [0.3, 0.4) is 0 Å². The summed E-state index contributed by atoms with van der Waals surface area (Å²) >= 11 is 0. The third kappa shape index (κ3) is 3.39. The van der Waals surface area contributed by atoms with Gasteiger partial charge < -0.3 is 19.5 Å². The molecule has 2 saturated heterocycles. The van der Waals surface area contributed by atoms with Crippen LogP contribution in [0.2, 0.25) is 0 Å². The van der Waals surface area contributed by atoms with Gasteiger partial charge in [-0.15, -0.1) is 0 Å². The fourth-order valence-corrected chi connectivity index (χ4v) is 3.79. The van der Waals surface area contributed by atoms with Crippen LogP contribution < -0.4 is 4.90 Å². The fraction of sp³-hybridized carbons (Fsp3) is 0.474. The maximum Gasteiger partial charge on any atom is 0.255 e. The summed E-state index contributed by atoms with van der Waals surface area (Å²) in [6.07, 6.45) is 5.72. The Morgan fingerprint density at radius 2 is 2.04 bits per heavy atom. The number of carbonyl (C=O) groups is 1. The molecule has 3 heterocycles. The number of hydrogen-bond acceptors (Lipinski definition) is 4. The molecule has 1 N–H and O–H groups in total. The molecule has 2 aliphatic heterocycles. The normalized spacial score (nSPS) is 21.4. The number of H-pyrrole nitrogens is 1. The predicted molar refractivity (Wildman–Crippen MR) is 95.9 cm³/mol. The fourth-order valence-electron chi connectivity index (χ4n) is 3.79. The van der Waals surface area contributed by atoms with Crippen molar-refractivity contribution in [3.63, 3.8) is 0 Å². The number of morpholine rings is 1. The first kappa shape index (κ1) is 16.1. The number of hydrogen-bond donors (Lipinski definition) is 1. The number of rotatable bonds is 3. The van der Waals surface area contributed by atoms with E-state index in [2.05, 4.69) is 14.9 Å². The lowest BCUT2D eigenvalue weighted by Gasteiger charge is -2.34. The van der Waals surface area contributed by atoms with Crippen molar-refractivity contribution in [2.45, 2.75) is 18.8 Å². The van der Waals surface area contributed by atoms with Gasteiger partial charge in [0.15, 0.2) is 0 Å². The van der Waals surface area contributed by atoms with Gasteiger partial charge in [-0.1, -0.05) is 12.1 Å². The number of para-hydroxylation sites is 1. The van der Waals surface area contributed by atoms with E-state index in [0.717, 1.165) is 56.1 Å². The van der Waals surface area contributed by atoms with Crippen LogP contribution in [0.5, 0.6) is 0 Å². The second kappa shape index (κ2) is 7.27. The number of ether oxygens (including phenoxy) is 1. The summed E-state index contributed by atoms with van der Waals surface area (Å²) in [6, 6.07) is 7.95. The quantitative estimate of drug-likeness (QED) is 0.931. The molecule has 4 rings (SSSR count). The predicted octanol–water partition coefficient (Wildman–Crippen LogP) is 2.27. The molecule has 1 amide bonds. The first-order valence-electron chi connectivity index (χ1n) is 9.03. The zero-order chi connectivity index (χ0) is 17.1. The van der Waals surface area contributed by atoms with Crippen molar-refractivity contribution in [1.82, 2.24) is 14.9 Å². The number of imidazole rings is 1. The third-order valence-corrected chi connectivity index (χ3v) is 5.10. The largest absolute Gasteiger partial charge is 0.378 e. The lowest BCUT2D eigenvalue weighted by atomic mass is 9.96. The van der Waals surface area contributed by atoms with Crippen LogP contribution in [0.4, 0.5) is 5.69 Å². The Labute approximate surface area is 147 Å². The van der Waals surface area contributed by atoms with Crippen LogP contribution in [-0.2, 0) is 4.74 Å². The SMILES string of the molecule is O=C(c1ccccc1N1CCOCC1)N1CCC[C@H](c2ncc[nH]2)C1. The minimum absolute atomic E-state index is 0.123. The van der Waals surface area contributed by atoms with Crippen LogP contribution in [0, 0.1) is 0 Å². The summed E-state index contributed by atoms with van der Waals surface area (Å²) in [5, 5.41) is 0. The molecular formula is C19H24N4O2. The zero-order valence-electron chi connectivity index (χ0n) is 14.4. The van der Waals surface area contributed by atoms with E-state index in [-0.39, 0.29) is 5.91 Å². The van der Waals surface area contributed by atoms with Gasteiger partial charge >= 0.3 is 0 Å². The third-order valence-electron chi connectivity index (χ3n) is 5.10. The summed E-state index contributed by atoms with van der Waals surface area (Å²) in [5.74, 6) is 1.40. The number of nitrogens with one attached hydrogen (secondary N) is 1. The minimum atomic E-state index is 0.123. The van der Waals surface area contributed by atoms with E-state index in [9.17, 15) is 4.79 Å². The molecule has 0 aliphatic carbocycles. The molecule has 6 nitrogen and oxygen atoms in total. The van der Waals surface area contributed by atoms with Crippen LogP contribution in [0.25, 0.3) is 0 Å². The van der Waals surface area contributed by atoms with Crippen molar-refractivity contribution in [1.29, 1.82) is 0 Å². The number of nitrogens with zero attached hydrogens (tertiary/aromatic N) is 3. The van der Waals surface area contributed by atoms with Crippen LogP contribution in [-0.4, -0.2) is 60.2 Å². The smallest absolute Gasteiger partial charge is 0.255 e. The second-order valence-corrected chi connectivity index (χ2v) is 6.68. The highest BCUT2D eigenvalue weighted by Crippen LogP contribution is 2.28. The van der Waals surface area contributed by atoms with Crippen LogP contribution >= 0.6 is 0 Å². The van der Waals surface area contributed by atoms with Crippen LogP contribution in [0.15, 0.2) is 36.7 Å². The Balaban J connectivity index is 1.54. The van der Waals surface area contributed by atoms with Crippen molar-refractivity contribution in [3.05, 3.63) is 48.0 Å². The molecule has 6 heteroatoms. The van der Waals surface area contributed by atoms with Crippen molar-refractivity contribution in [2.24, 2.45) is 0 Å². The minimum Gasteiger partial charge on any atom is -0.378 e. The van der Waals surface area contributed by atoms with Gasteiger partial charge in [0.1, 0.15) is 5.82 Å². The number of anilines is 1. The topological polar surface area (TPSA) is 61.5 Å². The molecular weight excluding hydrogens is 316 g/mol. The van der Waals surface area contributed by atoms with E-state index in [1.807, 2.05) is 35.4 Å². The van der Waals surface area contributed by atoms with E-state index >= 15 is 0 Å². The van der Waals surface area contributed by atoms with Crippen molar-refractivity contribution < 1.29 is 9.53 Å². The van der Waals surface area contributed by atoms with Crippen molar-refractivity contribution >= 4 is 11.6 Å². The van der Waals surface area contributed by atoms with E-state index in [0.29, 0.717) is 19.1 Å². The Morgan fingerprint density at radius 3 is 2.84 bits per heavy atom. The monoisotopic (exact) mass is 340 g/mol. The average molecular weight is 340 g/mol. The van der Waals surface area contributed by atoms with Crippen LogP contribution in [0.1, 0.15) is 34.9 Å².